The number of nitrogens with zero attached hydrogens (tertiary/aromatic N) is 1. The smallest absolute Gasteiger partial charge is 0.244 e. The van der Waals surface area contributed by atoms with Crippen molar-refractivity contribution in [3.8, 4) is 0 Å². The molecule has 2 heterocycles. The van der Waals surface area contributed by atoms with Crippen LogP contribution in [0.3, 0.4) is 0 Å². The Morgan fingerprint density at radius 3 is 2.76 bits per heavy atom. The van der Waals surface area contributed by atoms with Crippen LogP contribution in [-0.4, -0.2) is 52.3 Å². The van der Waals surface area contributed by atoms with Crippen LogP contribution in [0.2, 0.25) is 0 Å². The van der Waals surface area contributed by atoms with Gasteiger partial charge in [0.25, 0.3) is 0 Å². The molecule has 2 rings (SSSR count). The number of carbonyl (C=O) groups excluding carboxylic acids is 3. The highest BCUT2D eigenvalue weighted by Crippen LogP contribution is 2.36. The summed E-state index contributed by atoms with van der Waals surface area (Å²) in [5.41, 5.74) is 5.53. The number of nitrogens with two attached hydrogens (primary N) is 1. The van der Waals surface area contributed by atoms with E-state index >= 15 is 0 Å². The minimum absolute atomic E-state index is 0.0569. The van der Waals surface area contributed by atoms with Crippen molar-refractivity contribution in [2.24, 2.45) is 5.73 Å². The van der Waals surface area contributed by atoms with Crippen molar-refractivity contribution >= 4 is 29.4 Å². The number of hydrogen-bond acceptors (Lipinski definition) is 5. The number of Topliss-reactive ketones (excluding diaryl/α,β-unsaturated/α-hetero) is 1. The number of nitrogens with one attached hydrogen (secondary N) is 1. The number of carbonyl (C=O) groups is 3. The zero-order valence-electron chi connectivity index (χ0n) is 15.8. The molecule has 3 atom stereocenters. The summed E-state index contributed by atoms with van der Waals surface area (Å²) in [6.07, 6.45) is 4.86. The Kier molecular flexibility index (Phi) is 10.1. The quantitative estimate of drug-likeness (QED) is 0.681. The molecule has 0 bridgehead atoms. The molecule has 25 heavy (non-hydrogen) atoms. The van der Waals surface area contributed by atoms with E-state index in [0.717, 1.165) is 19.3 Å². The topological polar surface area (TPSA) is 92.5 Å². The second kappa shape index (κ2) is 11.5. The molecule has 0 aromatic carbocycles. The number of piperidine rings is 1. The second-order valence-corrected chi connectivity index (χ2v) is 7.42. The van der Waals surface area contributed by atoms with Crippen molar-refractivity contribution in [1.82, 2.24) is 10.2 Å². The SMILES string of the molecule is CC.CCCC(=O)C(CCCN)NC(=O)[C@@H]1CSC2CCCC(=O)N21. The zero-order valence-corrected chi connectivity index (χ0v) is 16.6. The molecule has 0 spiro atoms. The van der Waals surface area contributed by atoms with E-state index in [4.69, 9.17) is 5.73 Å². The van der Waals surface area contributed by atoms with Crippen LogP contribution in [0.4, 0.5) is 0 Å². The fraction of sp³-hybridized carbons (Fsp3) is 0.833. The van der Waals surface area contributed by atoms with E-state index in [-0.39, 0.29) is 23.0 Å². The molecule has 0 aromatic heterocycles. The van der Waals surface area contributed by atoms with Crippen LogP contribution < -0.4 is 11.1 Å². The van der Waals surface area contributed by atoms with E-state index in [1.165, 1.54) is 0 Å². The van der Waals surface area contributed by atoms with Gasteiger partial charge in [0, 0.05) is 18.6 Å². The summed E-state index contributed by atoms with van der Waals surface area (Å²) in [6.45, 7) is 6.45. The largest absolute Gasteiger partial charge is 0.344 e. The van der Waals surface area contributed by atoms with Gasteiger partial charge in [-0.3, -0.25) is 14.4 Å². The summed E-state index contributed by atoms with van der Waals surface area (Å²) in [6, 6.07) is -0.914. The van der Waals surface area contributed by atoms with Crippen LogP contribution in [-0.2, 0) is 14.4 Å². The van der Waals surface area contributed by atoms with E-state index in [9.17, 15) is 14.4 Å². The highest BCUT2D eigenvalue weighted by atomic mass is 32.2. The van der Waals surface area contributed by atoms with Crippen LogP contribution in [0, 0.1) is 0 Å². The number of rotatable bonds is 8. The zero-order chi connectivity index (χ0) is 18.8. The summed E-state index contributed by atoms with van der Waals surface area (Å²) in [7, 11) is 0. The van der Waals surface area contributed by atoms with Crippen LogP contribution in [0.1, 0.15) is 65.7 Å². The molecule has 0 aliphatic carbocycles. The minimum Gasteiger partial charge on any atom is -0.344 e. The molecule has 2 fully saturated rings. The van der Waals surface area contributed by atoms with Gasteiger partial charge in [-0.2, -0.15) is 0 Å². The number of thioether (sulfide) groups is 1. The van der Waals surface area contributed by atoms with Crippen molar-refractivity contribution in [2.75, 3.05) is 12.3 Å². The van der Waals surface area contributed by atoms with Gasteiger partial charge in [-0.15, -0.1) is 11.8 Å². The molecule has 3 N–H and O–H groups in total. The maximum Gasteiger partial charge on any atom is 0.244 e. The molecule has 2 aliphatic rings. The molecule has 6 nitrogen and oxygen atoms in total. The third-order valence-corrected chi connectivity index (χ3v) is 5.78. The average molecular weight is 372 g/mol. The van der Waals surface area contributed by atoms with Crippen LogP contribution in [0.5, 0.6) is 0 Å². The van der Waals surface area contributed by atoms with Gasteiger partial charge in [-0.25, -0.2) is 0 Å². The molecule has 2 aliphatic heterocycles. The predicted octanol–water partition coefficient (Wildman–Crippen LogP) is 2.06. The highest BCUT2D eigenvalue weighted by Gasteiger charge is 2.43. The maximum absolute atomic E-state index is 12.6. The first kappa shape index (κ1) is 22.0. The van der Waals surface area contributed by atoms with Crippen molar-refractivity contribution in [2.45, 2.75) is 83.2 Å². The third kappa shape index (κ3) is 5.99. The molecule has 2 saturated heterocycles. The predicted molar refractivity (Wildman–Crippen MR) is 102 cm³/mol. The molecule has 2 amide bonds. The molecular weight excluding hydrogens is 338 g/mol. The van der Waals surface area contributed by atoms with E-state index in [1.54, 1.807) is 16.7 Å². The highest BCUT2D eigenvalue weighted by molar-refractivity contribution is 8.00. The van der Waals surface area contributed by atoms with Crippen LogP contribution in [0.15, 0.2) is 0 Å². The van der Waals surface area contributed by atoms with Gasteiger partial charge < -0.3 is 16.0 Å². The van der Waals surface area contributed by atoms with E-state index < -0.39 is 12.1 Å². The lowest BCUT2D eigenvalue weighted by atomic mass is 10.0. The van der Waals surface area contributed by atoms with E-state index in [0.29, 0.717) is 38.0 Å². The lowest BCUT2D eigenvalue weighted by molar-refractivity contribution is -0.142. The molecule has 0 radical (unpaired) electrons. The van der Waals surface area contributed by atoms with Crippen molar-refractivity contribution in [3.05, 3.63) is 0 Å². The Balaban J connectivity index is 0.00000151. The Morgan fingerprint density at radius 2 is 2.12 bits per heavy atom. The lowest BCUT2D eigenvalue weighted by Gasteiger charge is -2.33. The standard InChI is InChI=1S/C16H27N3O3S.C2H6/c1-2-5-13(20)11(6-4-9-17)18-16(22)12-10-23-15-8-3-7-14(21)19(12)15;1-2/h11-12,15H,2-10,17H2,1H3,(H,18,22);1-2H3/t11?,12-,15?;/m0./s1. The van der Waals surface area contributed by atoms with Gasteiger partial charge in [0.15, 0.2) is 5.78 Å². The summed E-state index contributed by atoms with van der Waals surface area (Å²) < 4.78 is 0. The fourth-order valence-electron chi connectivity index (χ4n) is 3.20. The average Bonchev–Trinajstić information content (AvgIpc) is 3.06. The van der Waals surface area contributed by atoms with Gasteiger partial charge in [0.2, 0.25) is 11.8 Å². The lowest BCUT2D eigenvalue weighted by Crippen LogP contribution is -2.54. The molecular formula is C18H33N3O3S. The summed E-state index contributed by atoms with van der Waals surface area (Å²) in [5.74, 6) is 0.543. The number of amides is 2. The Bertz CT molecular complexity index is 459. The summed E-state index contributed by atoms with van der Waals surface area (Å²) >= 11 is 1.67. The van der Waals surface area contributed by atoms with Gasteiger partial charge in [-0.1, -0.05) is 20.8 Å². The summed E-state index contributed by atoms with van der Waals surface area (Å²) in [5, 5.41) is 3.01. The maximum atomic E-state index is 12.6. The third-order valence-electron chi connectivity index (χ3n) is 4.42. The molecule has 0 saturated carbocycles. The Hall–Kier alpha value is -1.08. The van der Waals surface area contributed by atoms with Gasteiger partial charge in [0.1, 0.15) is 6.04 Å². The first-order valence-corrected chi connectivity index (χ1v) is 10.6. The normalized spacial score (nSPS) is 23.4. The number of ketones is 1. The van der Waals surface area contributed by atoms with Gasteiger partial charge >= 0.3 is 0 Å². The van der Waals surface area contributed by atoms with Crippen molar-refractivity contribution in [3.63, 3.8) is 0 Å². The fourth-order valence-corrected chi connectivity index (χ4v) is 4.68. The Morgan fingerprint density at radius 1 is 1.40 bits per heavy atom. The number of hydrogen-bond donors (Lipinski definition) is 2. The monoisotopic (exact) mass is 371 g/mol. The van der Waals surface area contributed by atoms with Gasteiger partial charge in [-0.05, 0) is 38.6 Å². The van der Waals surface area contributed by atoms with Crippen molar-refractivity contribution < 1.29 is 14.4 Å². The molecule has 7 heteroatoms. The number of fused-ring (bicyclic) bond motifs is 1. The summed E-state index contributed by atoms with van der Waals surface area (Å²) in [4.78, 5) is 38.7. The second-order valence-electron chi connectivity index (χ2n) is 6.21. The van der Waals surface area contributed by atoms with Crippen LogP contribution >= 0.6 is 11.8 Å². The minimum atomic E-state index is -0.477. The molecule has 0 aromatic rings. The van der Waals surface area contributed by atoms with Gasteiger partial charge in [0.05, 0.1) is 11.4 Å². The van der Waals surface area contributed by atoms with E-state index in [1.807, 2.05) is 20.8 Å². The van der Waals surface area contributed by atoms with Crippen LogP contribution in [0.25, 0.3) is 0 Å². The molecule has 2 unspecified atom stereocenters. The Labute approximate surface area is 155 Å². The first-order chi connectivity index (χ1) is 12.1. The molecule has 144 valence electrons. The van der Waals surface area contributed by atoms with Crippen molar-refractivity contribution in [1.29, 1.82) is 0 Å². The van der Waals surface area contributed by atoms with E-state index in [2.05, 4.69) is 5.32 Å². The first-order valence-electron chi connectivity index (χ1n) is 9.54.